The number of aromatic nitrogens is 3. The van der Waals surface area contributed by atoms with Gasteiger partial charge in [0.25, 0.3) is 0 Å². The molecule has 5 nitrogen and oxygen atoms in total. The fourth-order valence-electron chi connectivity index (χ4n) is 2.43. The SMILES string of the molecule is CC.CNc1ccc(N2CCn3c(nnc3C(F)(F)F)C2)cc1. The predicted molar refractivity (Wildman–Crippen MR) is 83.4 cm³/mol. The van der Waals surface area contributed by atoms with Gasteiger partial charge in [0.1, 0.15) is 0 Å². The molecule has 1 N–H and O–H groups in total. The summed E-state index contributed by atoms with van der Waals surface area (Å²) in [5, 5.41) is 9.97. The molecule has 0 bridgehead atoms. The lowest BCUT2D eigenvalue weighted by Crippen LogP contribution is -2.35. The number of nitrogens with one attached hydrogen (secondary N) is 1. The van der Waals surface area contributed by atoms with Gasteiger partial charge in [0.05, 0.1) is 6.54 Å². The normalized spacial score (nSPS) is 13.9. The van der Waals surface area contributed by atoms with Crippen LogP contribution in [0.1, 0.15) is 25.5 Å². The molecule has 3 rings (SSSR count). The molecule has 0 spiro atoms. The van der Waals surface area contributed by atoms with Crippen molar-refractivity contribution in [3.63, 3.8) is 0 Å². The molecule has 1 aliphatic rings. The first-order valence-electron chi connectivity index (χ1n) is 7.51. The van der Waals surface area contributed by atoms with E-state index < -0.39 is 12.0 Å². The molecule has 23 heavy (non-hydrogen) atoms. The monoisotopic (exact) mass is 327 g/mol. The number of benzene rings is 1. The van der Waals surface area contributed by atoms with Gasteiger partial charge in [-0.15, -0.1) is 10.2 Å². The number of hydrogen-bond donors (Lipinski definition) is 1. The van der Waals surface area contributed by atoms with Crippen LogP contribution >= 0.6 is 0 Å². The van der Waals surface area contributed by atoms with Gasteiger partial charge < -0.3 is 14.8 Å². The van der Waals surface area contributed by atoms with E-state index in [1.807, 2.05) is 50.1 Å². The van der Waals surface area contributed by atoms with Gasteiger partial charge in [-0.2, -0.15) is 13.2 Å². The van der Waals surface area contributed by atoms with E-state index >= 15 is 0 Å². The van der Waals surface area contributed by atoms with Crippen molar-refractivity contribution in [2.75, 3.05) is 23.8 Å². The second-order valence-electron chi connectivity index (χ2n) is 4.81. The molecule has 1 aliphatic heterocycles. The van der Waals surface area contributed by atoms with E-state index in [4.69, 9.17) is 0 Å². The first-order valence-corrected chi connectivity index (χ1v) is 7.51. The first-order chi connectivity index (χ1) is 11.0. The Balaban J connectivity index is 0.000000924. The Hall–Kier alpha value is -2.25. The number of rotatable bonds is 2. The van der Waals surface area contributed by atoms with Gasteiger partial charge in [-0.3, -0.25) is 0 Å². The second kappa shape index (κ2) is 6.89. The lowest BCUT2D eigenvalue weighted by Gasteiger charge is -2.29. The topological polar surface area (TPSA) is 46.0 Å². The van der Waals surface area contributed by atoms with Crippen LogP contribution in [0.25, 0.3) is 0 Å². The quantitative estimate of drug-likeness (QED) is 0.918. The van der Waals surface area contributed by atoms with E-state index in [1.54, 1.807) is 0 Å². The van der Waals surface area contributed by atoms with Crippen LogP contribution < -0.4 is 10.2 Å². The number of halogens is 3. The van der Waals surface area contributed by atoms with Gasteiger partial charge >= 0.3 is 6.18 Å². The zero-order chi connectivity index (χ0) is 17.0. The van der Waals surface area contributed by atoms with Crippen molar-refractivity contribution in [2.24, 2.45) is 0 Å². The molecule has 0 saturated heterocycles. The molecule has 0 amide bonds. The highest BCUT2D eigenvalue weighted by Gasteiger charge is 2.39. The van der Waals surface area contributed by atoms with Gasteiger partial charge in [-0.25, -0.2) is 0 Å². The van der Waals surface area contributed by atoms with Crippen LogP contribution in [0.5, 0.6) is 0 Å². The van der Waals surface area contributed by atoms with Crippen LogP contribution in [0.4, 0.5) is 24.5 Å². The Morgan fingerprint density at radius 2 is 1.70 bits per heavy atom. The molecular weight excluding hydrogens is 307 g/mol. The molecule has 0 atom stereocenters. The summed E-state index contributed by atoms with van der Waals surface area (Å²) in [5.41, 5.74) is 1.94. The summed E-state index contributed by atoms with van der Waals surface area (Å²) >= 11 is 0. The van der Waals surface area contributed by atoms with Crippen molar-refractivity contribution < 1.29 is 13.2 Å². The number of nitrogens with zero attached hydrogens (tertiary/aromatic N) is 4. The minimum Gasteiger partial charge on any atom is -0.388 e. The zero-order valence-electron chi connectivity index (χ0n) is 13.4. The Labute approximate surface area is 133 Å². The van der Waals surface area contributed by atoms with Crippen molar-refractivity contribution >= 4 is 11.4 Å². The van der Waals surface area contributed by atoms with Crippen molar-refractivity contribution in [2.45, 2.75) is 33.1 Å². The van der Waals surface area contributed by atoms with Crippen molar-refractivity contribution in [1.29, 1.82) is 0 Å². The van der Waals surface area contributed by atoms with E-state index in [0.717, 1.165) is 15.9 Å². The molecule has 1 aromatic carbocycles. The standard InChI is InChI=1S/C13H14F3N5.C2H6/c1-17-9-2-4-10(5-3-9)20-6-7-21-11(8-20)18-19-12(21)13(14,15)16;1-2/h2-5,17H,6-8H2,1H3;1-2H3. The van der Waals surface area contributed by atoms with Crippen molar-refractivity contribution in [3.05, 3.63) is 35.9 Å². The Bertz CT molecular complexity index is 634. The average molecular weight is 327 g/mol. The first kappa shape index (κ1) is 17.1. The third-order valence-corrected chi connectivity index (χ3v) is 3.53. The predicted octanol–water partition coefficient (Wildman–Crippen LogP) is 3.39. The highest BCUT2D eigenvalue weighted by atomic mass is 19.4. The summed E-state index contributed by atoms with van der Waals surface area (Å²) in [6.07, 6.45) is -4.46. The Morgan fingerprint density at radius 1 is 1.04 bits per heavy atom. The van der Waals surface area contributed by atoms with Gasteiger partial charge in [0, 0.05) is 31.5 Å². The molecule has 0 unspecified atom stereocenters. The Morgan fingerprint density at radius 3 is 2.26 bits per heavy atom. The lowest BCUT2D eigenvalue weighted by molar-refractivity contribution is -0.147. The summed E-state index contributed by atoms with van der Waals surface area (Å²) < 4.78 is 39.5. The van der Waals surface area contributed by atoms with E-state index in [0.29, 0.717) is 18.9 Å². The molecule has 0 saturated carbocycles. The fraction of sp³-hybridized carbons (Fsp3) is 0.467. The van der Waals surface area contributed by atoms with Crippen molar-refractivity contribution in [1.82, 2.24) is 14.8 Å². The molecule has 1 aromatic heterocycles. The van der Waals surface area contributed by atoms with Gasteiger partial charge in [0.2, 0.25) is 5.82 Å². The van der Waals surface area contributed by atoms with E-state index in [-0.39, 0.29) is 6.54 Å². The summed E-state index contributed by atoms with van der Waals surface area (Å²) in [5.74, 6) is -0.575. The smallest absolute Gasteiger partial charge is 0.388 e. The third kappa shape index (κ3) is 3.57. The molecular formula is C15H20F3N5. The molecule has 2 aromatic rings. The molecule has 0 aliphatic carbocycles. The molecule has 8 heteroatoms. The Kier molecular flexibility index (Phi) is 5.12. The van der Waals surface area contributed by atoms with Gasteiger partial charge in [-0.1, -0.05) is 13.8 Å². The fourth-order valence-corrected chi connectivity index (χ4v) is 2.43. The maximum absolute atomic E-state index is 12.8. The molecule has 0 fully saturated rings. The summed E-state index contributed by atoms with van der Waals surface area (Å²) in [4.78, 5) is 1.99. The summed E-state index contributed by atoms with van der Waals surface area (Å²) in [6, 6.07) is 7.72. The highest BCUT2D eigenvalue weighted by molar-refractivity contribution is 5.55. The minimum atomic E-state index is -4.46. The van der Waals surface area contributed by atoms with Gasteiger partial charge in [-0.05, 0) is 24.3 Å². The van der Waals surface area contributed by atoms with Crippen molar-refractivity contribution in [3.8, 4) is 0 Å². The molecule has 126 valence electrons. The minimum absolute atomic E-state index is 0.227. The average Bonchev–Trinajstić information content (AvgIpc) is 3.00. The maximum Gasteiger partial charge on any atom is 0.451 e. The second-order valence-corrected chi connectivity index (χ2v) is 4.81. The van der Waals surface area contributed by atoms with Gasteiger partial charge in [0.15, 0.2) is 5.82 Å². The zero-order valence-corrected chi connectivity index (χ0v) is 13.4. The summed E-state index contributed by atoms with van der Waals surface area (Å²) in [7, 11) is 1.83. The van der Waals surface area contributed by atoms with Crippen LogP contribution in [-0.4, -0.2) is 28.4 Å². The maximum atomic E-state index is 12.8. The van der Waals surface area contributed by atoms with E-state index in [9.17, 15) is 13.2 Å². The van der Waals surface area contributed by atoms with Crippen LogP contribution in [0.3, 0.4) is 0 Å². The largest absolute Gasteiger partial charge is 0.451 e. The number of fused-ring (bicyclic) bond motifs is 1. The lowest BCUT2D eigenvalue weighted by atomic mass is 10.2. The number of hydrogen-bond acceptors (Lipinski definition) is 4. The van der Waals surface area contributed by atoms with Crippen LogP contribution in [0.15, 0.2) is 24.3 Å². The molecule has 0 radical (unpaired) electrons. The summed E-state index contributed by atoms with van der Waals surface area (Å²) in [6.45, 7) is 5.04. The number of anilines is 2. The third-order valence-electron chi connectivity index (χ3n) is 3.53. The van der Waals surface area contributed by atoms with Crippen LogP contribution in [0, 0.1) is 0 Å². The van der Waals surface area contributed by atoms with E-state index in [1.165, 1.54) is 0 Å². The van der Waals surface area contributed by atoms with Crippen LogP contribution in [0.2, 0.25) is 0 Å². The van der Waals surface area contributed by atoms with E-state index in [2.05, 4.69) is 15.5 Å². The van der Waals surface area contributed by atoms with Crippen LogP contribution in [-0.2, 0) is 19.3 Å². The number of alkyl halides is 3. The highest BCUT2D eigenvalue weighted by Crippen LogP contribution is 2.30. The molecule has 2 heterocycles.